The summed E-state index contributed by atoms with van der Waals surface area (Å²) in [5.74, 6) is -3.96. The Bertz CT molecular complexity index is 676. The van der Waals surface area contributed by atoms with Crippen molar-refractivity contribution in [1.82, 2.24) is 4.90 Å². The summed E-state index contributed by atoms with van der Waals surface area (Å²) in [6.45, 7) is 6.34. The lowest BCUT2D eigenvalue weighted by molar-refractivity contribution is -0.191. The van der Waals surface area contributed by atoms with E-state index in [0.29, 0.717) is 5.56 Å². The fourth-order valence-electron chi connectivity index (χ4n) is 3.81. The van der Waals surface area contributed by atoms with Gasteiger partial charge in [0.2, 0.25) is 11.6 Å². The molecule has 0 radical (unpaired) electrons. The maximum absolute atomic E-state index is 12.7. The highest BCUT2D eigenvalue weighted by molar-refractivity contribution is 5.91. The van der Waals surface area contributed by atoms with Gasteiger partial charge in [0.05, 0.1) is 25.0 Å². The molecule has 1 saturated heterocycles. The van der Waals surface area contributed by atoms with Crippen molar-refractivity contribution < 1.29 is 29.0 Å². The molecule has 1 N–H and O–H groups in total. The lowest BCUT2D eigenvalue weighted by Gasteiger charge is -2.36. The smallest absolute Gasteiger partial charge is 0.360 e. The van der Waals surface area contributed by atoms with E-state index in [4.69, 9.17) is 9.47 Å². The zero-order valence-corrected chi connectivity index (χ0v) is 15.5. The van der Waals surface area contributed by atoms with Gasteiger partial charge in [-0.25, -0.2) is 4.79 Å². The second-order valence-electron chi connectivity index (χ2n) is 6.24. The van der Waals surface area contributed by atoms with Crippen LogP contribution in [0.25, 0.3) is 0 Å². The van der Waals surface area contributed by atoms with Crippen LogP contribution in [0.3, 0.4) is 0 Å². The molecule has 0 spiro atoms. The second-order valence-corrected chi connectivity index (χ2v) is 6.24. The van der Waals surface area contributed by atoms with Crippen molar-refractivity contribution in [1.29, 1.82) is 0 Å². The first-order chi connectivity index (χ1) is 12.3. The Hall–Kier alpha value is -2.41. The van der Waals surface area contributed by atoms with Crippen LogP contribution in [-0.2, 0) is 23.9 Å². The van der Waals surface area contributed by atoms with Crippen molar-refractivity contribution in [2.45, 2.75) is 45.4 Å². The lowest BCUT2D eigenvalue weighted by atomic mass is 9.80. The summed E-state index contributed by atoms with van der Waals surface area (Å²) in [7, 11) is 0. The maximum atomic E-state index is 12.7. The van der Waals surface area contributed by atoms with Gasteiger partial charge in [0.25, 0.3) is 0 Å². The van der Waals surface area contributed by atoms with Crippen LogP contribution in [0.2, 0.25) is 0 Å². The molecule has 1 amide bonds. The molecule has 4 atom stereocenters. The first kappa shape index (κ1) is 19.9. The van der Waals surface area contributed by atoms with Gasteiger partial charge in [-0.05, 0) is 26.3 Å². The zero-order chi connectivity index (χ0) is 19.5. The van der Waals surface area contributed by atoms with E-state index < -0.39 is 41.4 Å². The van der Waals surface area contributed by atoms with Crippen molar-refractivity contribution in [2.75, 3.05) is 13.2 Å². The van der Waals surface area contributed by atoms with Gasteiger partial charge in [-0.3, -0.25) is 9.59 Å². The van der Waals surface area contributed by atoms with Gasteiger partial charge in [0.1, 0.15) is 0 Å². The topological polar surface area (TPSA) is 93.1 Å². The van der Waals surface area contributed by atoms with Crippen LogP contribution >= 0.6 is 0 Å². The molecular weight excluding hydrogens is 338 g/mol. The lowest BCUT2D eigenvalue weighted by Crippen LogP contribution is -2.57. The van der Waals surface area contributed by atoms with Crippen LogP contribution in [0.1, 0.15) is 39.2 Å². The molecule has 1 heterocycles. The molecule has 0 saturated carbocycles. The number of likely N-dealkylation sites (tertiary alicyclic amines) is 1. The molecule has 1 aromatic rings. The molecule has 142 valence electrons. The molecular formula is C19H25NO6. The Morgan fingerprint density at radius 3 is 2.19 bits per heavy atom. The summed E-state index contributed by atoms with van der Waals surface area (Å²) < 4.78 is 10.2. The normalized spacial score (nSPS) is 27.9. The molecule has 4 unspecified atom stereocenters. The molecule has 1 aromatic carbocycles. The Morgan fingerprint density at radius 1 is 1.12 bits per heavy atom. The van der Waals surface area contributed by atoms with Crippen LogP contribution in [0, 0.1) is 5.92 Å². The van der Waals surface area contributed by atoms with Gasteiger partial charge >= 0.3 is 11.9 Å². The highest BCUT2D eigenvalue weighted by atomic mass is 16.6. The van der Waals surface area contributed by atoms with Crippen molar-refractivity contribution in [3.8, 4) is 0 Å². The number of esters is 2. The third-order valence-electron chi connectivity index (χ3n) is 4.72. The average Bonchev–Trinajstić information content (AvgIpc) is 2.84. The number of carbonyl (C=O) groups is 3. The highest BCUT2D eigenvalue weighted by Crippen LogP contribution is 2.49. The van der Waals surface area contributed by atoms with Crippen LogP contribution in [-0.4, -0.2) is 52.8 Å². The number of amides is 1. The number of hydrogen-bond donors (Lipinski definition) is 1. The number of hydrogen-bond acceptors (Lipinski definition) is 6. The predicted molar refractivity (Wildman–Crippen MR) is 92.9 cm³/mol. The van der Waals surface area contributed by atoms with Crippen molar-refractivity contribution >= 4 is 17.8 Å². The minimum absolute atomic E-state index is 0.0346. The number of carbonyl (C=O) groups excluding carboxylic acids is 3. The summed E-state index contributed by atoms with van der Waals surface area (Å²) in [4.78, 5) is 38.7. The number of aliphatic hydroxyl groups is 1. The Labute approximate surface area is 152 Å². The van der Waals surface area contributed by atoms with Gasteiger partial charge in [-0.15, -0.1) is 0 Å². The Kier molecular flexibility index (Phi) is 6.02. The second kappa shape index (κ2) is 7.86. The quantitative estimate of drug-likeness (QED) is 0.796. The summed E-state index contributed by atoms with van der Waals surface area (Å²) >= 11 is 0. The van der Waals surface area contributed by atoms with Gasteiger partial charge < -0.3 is 19.5 Å². The van der Waals surface area contributed by atoms with Gasteiger partial charge in [0, 0.05) is 13.0 Å². The van der Waals surface area contributed by atoms with Crippen LogP contribution in [0.4, 0.5) is 0 Å². The number of ether oxygens (including phenoxy) is 2. The van der Waals surface area contributed by atoms with Crippen LogP contribution in [0.5, 0.6) is 0 Å². The Morgan fingerprint density at radius 2 is 1.69 bits per heavy atom. The van der Waals surface area contributed by atoms with E-state index in [0.717, 1.165) is 4.90 Å². The summed E-state index contributed by atoms with van der Waals surface area (Å²) in [5.41, 5.74) is -1.74. The minimum atomic E-state index is -2.29. The van der Waals surface area contributed by atoms with Crippen molar-refractivity contribution in [2.24, 2.45) is 5.92 Å². The third kappa shape index (κ3) is 3.19. The molecule has 0 aromatic heterocycles. The highest BCUT2D eigenvalue weighted by Gasteiger charge is 2.66. The number of rotatable bonds is 5. The molecule has 0 bridgehead atoms. The van der Waals surface area contributed by atoms with E-state index in [1.54, 1.807) is 51.1 Å². The van der Waals surface area contributed by atoms with E-state index in [1.807, 2.05) is 0 Å². The molecule has 1 fully saturated rings. The standard InChI is InChI=1S/C19H25NO6/c1-5-25-17(22)15-12(3)20(13(4)21)19(24,18(23)26-6-2)16(15)14-10-8-7-9-11-14/h7-12,15-16,24H,5-6H2,1-4H3. The first-order valence-electron chi connectivity index (χ1n) is 8.71. The van der Waals surface area contributed by atoms with E-state index in [1.165, 1.54) is 6.92 Å². The summed E-state index contributed by atoms with van der Waals surface area (Å²) in [5, 5.41) is 11.4. The zero-order valence-electron chi connectivity index (χ0n) is 15.5. The van der Waals surface area contributed by atoms with E-state index in [9.17, 15) is 19.5 Å². The fourth-order valence-corrected chi connectivity index (χ4v) is 3.81. The minimum Gasteiger partial charge on any atom is -0.466 e. The largest absolute Gasteiger partial charge is 0.466 e. The van der Waals surface area contributed by atoms with Crippen molar-refractivity contribution in [3.63, 3.8) is 0 Å². The molecule has 7 heteroatoms. The SMILES string of the molecule is CCOC(=O)C1C(C)N(C(C)=O)C(O)(C(=O)OCC)C1c1ccccc1. The third-order valence-corrected chi connectivity index (χ3v) is 4.72. The molecule has 0 aliphatic carbocycles. The van der Waals surface area contributed by atoms with Gasteiger partial charge in [-0.1, -0.05) is 30.3 Å². The molecule has 1 aliphatic rings. The Balaban J connectivity index is 2.67. The fraction of sp³-hybridized carbons (Fsp3) is 0.526. The number of benzene rings is 1. The molecule has 26 heavy (non-hydrogen) atoms. The van der Waals surface area contributed by atoms with Crippen molar-refractivity contribution in [3.05, 3.63) is 35.9 Å². The summed E-state index contributed by atoms with van der Waals surface area (Å²) in [6.07, 6.45) is 0. The van der Waals surface area contributed by atoms with E-state index >= 15 is 0 Å². The first-order valence-corrected chi connectivity index (χ1v) is 8.71. The maximum Gasteiger partial charge on any atom is 0.360 e. The predicted octanol–water partition coefficient (Wildman–Crippen LogP) is 1.45. The molecule has 2 rings (SSSR count). The van der Waals surface area contributed by atoms with Gasteiger partial charge in [-0.2, -0.15) is 0 Å². The van der Waals surface area contributed by atoms with E-state index in [-0.39, 0.29) is 13.2 Å². The van der Waals surface area contributed by atoms with Crippen LogP contribution < -0.4 is 0 Å². The van der Waals surface area contributed by atoms with Crippen LogP contribution in [0.15, 0.2) is 30.3 Å². The number of nitrogens with zero attached hydrogens (tertiary/aromatic N) is 1. The summed E-state index contributed by atoms with van der Waals surface area (Å²) in [6, 6.07) is 7.93. The average molecular weight is 363 g/mol. The van der Waals surface area contributed by atoms with Gasteiger partial charge in [0.15, 0.2) is 0 Å². The van der Waals surface area contributed by atoms with E-state index in [2.05, 4.69) is 0 Å². The monoisotopic (exact) mass is 363 g/mol. The molecule has 7 nitrogen and oxygen atoms in total. The molecule has 1 aliphatic heterocycles.